The fraction of sp³-hybridized carbons (Fsp3) is 0.143. The van der Waals surface area contributed by atoms with Crippen molar-refractivity contribution in [1.29, 1.82) is 11.1 Å². The van der Waals surface area contributed by atoms with Gasteiger partial charge in [-0.25, -0.2) is 11.1 Å². The molecule has 0 amide bonds. The third kappa shape index (κ3) is 2.18. The van der Waals surface area contributed by atoms with Crippen molar-refractivity contribution in [2.75, 3.05) is 0 Å². The molecule has 0 aromatic heterocycles. The van der Waals surface area contributed by atoms with Crippen molar-refractivity contribution in [3.05, 3.63) is 47.5 Å². The van der Waals surface area contributed by atoms with Gasteiger partial charge in [-0.3, -0.25) is 0 Å². The van der Waals surface area contributed by atoms with Crippen LogP contribution in [0.15, 0.2) is 46.6 Å². The standard InChI is InChI=1S/C14H14N4/c1-9-7-11(3-5-13(9)17-15)12-4-6-14(18-16)10(2)8-12/h3-8,15-16H,1-2H3. The molecule has 0 heterocycles. The van der Waals surface area contributed by atoms with Gasteiger partial charge in [0.25, 0.3) is 0 Å². The average molecular weight is 238 g/mol. The molecule has 4 nitrogen and oxygen atoms in total. The highest BCUT2D eigenvalue weighted by atomic mass is 15.0. The van der Waals surface area contributed by atoms with Crippen LogP contribution in [-0.4, -0.2) is 0 Å². The molecule has 0 fully saturated rings. The van der Waals surface area contributed by atoms with Gasteiger partial charge in [0.05, 0.1) is 11.4 Å². The average Bonchev–Trinajstić information content (AvgIpc) is 2.38. The Hall–Kier alpha value is -2.36. The normalized spacial score (nSPS) is 10.1. The van der Waals surface area contributed by atoms with Crippen molar-refractivity contribution in [3.8, 4) is 11.1 Å². The molecule has 0 bridgehead atoms. The fourth-order valence-corrected chi connectivity index (χ4v) is 1.92. The monoisotopic (exact) mass is 238 g/mol. The highest BCUT2D eigenvalue weighted by Gasteiger charge is 2.04. The molecule has 0 unspecified atom stereocenters. The zero-order valence-electron chi connectivity index (χ0n) is 10.4. The number of rotatable bonds is 3. The van der Waals surface area contributed by atoms with E-state index in [1.807, 2.05) is 50.2 Å². The van der Waals surface area contributed by atoms with E-state index in [1.165, 1.54) is 0 Å². The van der Waals surface area contributed by atoms with Gasteiger partial charge in [0.2, 0.25) is 0 Å². The molecule has 0 radical (unpaired) electrons. The smallest absolute Gasteiger partial charge is 0.0879 e. The van der Waals surface area contributed by atoms with Gasteiger partial charge in [-0.15, -0.1) is 0 Å². The lowest BCUT2D eigenvalue weighted by atomic mass is 10.0. The van der Waals surface area contributed by atoms with Crippen LogP contribution in [0, 0.1) is 24.9 Å². The van der Waals surface area contributed by atoms with E-state index < -0.39 is 0 Å². The molecule has 0 atom stereocenters. The van der Waals surface area contributed by atoms with E-state index in [4.69, 9.17) is 11.1 Å². The first-order valence-electron chi connectivity index (χ1n) is 5.62. The summed E-state index contributed by atoms with van der Waals surface area (Å²) in [6, 6.07) is 11.6. The van der Waals surface area contributed by atoms with Crippen molar-refractivity contribution in [2.45, 2.75) is 13.8 Å². The summed E-state index contributed by atoms with van der Waals surface area (Å²) in [5.74, 6) is 0. The molecule has 90 valence electrons. The van der Waals surface area contributed by atoms with Crippen LogP contribution in [0.1, 0.15) is 11.1 Å². The zero-order chi connectivity index (χ0) is 13.1. The summed E-state index contributed by atoms with van der Waals surface area (Å²) in [5.41, 5.74) is 19.6. The van der Waals surface area contributed by atoms with Crippen molar-refractivity contribution in [3.63, 3.8) is 0 Å². The second kappa shape index (κ2) is 4.87. The Morgan fingerprint density at radius 3 is 1.39 bits per heavy atom. The van der Waals surface area contributed by atoms with Crippen LogP contribution < -0.4 is 0 Å². The highest BCUT2D eigenvalue weighted by molar-refractivity contribution is 5.70. The molecule has 18 heavy (non-hydrogen) atoms. The van der Waals surface area contributed by atoms with Crippen molar-refractivity contribution in [1.82, 2.24) is 0 Å². The molecule has 0 saturated carbocycles. The number of hydrogen-bond donors (Lipinski definition) is 2. The first kappa shape index (κ1) is 12.1. The van der Waals surface area contributed by atoms with Crippen LogP contribution in [0.4, 0.5) is 11.4 Å². The number of hydrogen-bond acceptors (Lipinski definition) is 4. The second-order valence-corrected chi connectivity index (χ2v) is 4.23. The molecular weight excluding hydrogens is 224 g/mol. The number of nitrogens with zero attached hydrogens (tertiary/aromatic N) is 2. The zero-order valence-corrected chi connectivity index (χ0v) is 10.4. The van der Waals surface area contributed by atoms with Gasteiger partial charge in [-0.2, -0.15) is 10.2 Å². The van der Waals surface area contributed by atoms with E-state index in [1.54, 1.807) is 0 Å². The maximum absolute atomic E-state index is 7.04. The summed E-state index contributed by atoms with van der Waals surface area (Å²) in [7, 11) is 0. The van der Waals surface area contributed by atoms with Gasteiger partial charge in [0.15, 0.2) is 0 Å². The van der Waals surface area contributed by atoms with Gasteiger partial charge in [0.1, 0.15) is 0 Å². The van der Waals surface area contributed by atoms with E-state index in [0.29, 0.717) is 11.4 Å². The number of benzene rings is 2. The lowest BCUT2D eigenvalue weighted by Gasteiger charge is -2.07. The van der Waals surface area contributed by atoms with Crippen molar-refractivity contribution in [2.24, 2.45) is 10.2 Å². The molecule has 4 heteroatoms. The SMILES string of the molecule is Cc1cc(-c2ccc(N=N)c(C)c2)ccc1N=N. The minimum Gasteiger partial charge on any atom is -0.204 e. The predicted octanol–water partition coefficient (Wildman–Crippen LogP) is 5.30. The quantitative estimate of drug-likeness (QED) is 0.681. The first-order valence-corrected chi connectivity index (χ1v) is 5.62. The van der Waals surface area contributed by atoms with Crippen LogP contribution in [0.3, 0.4) is 0 Å². The first-order chi connectivity index (χ1) is 8.65. The molecule has 2 aromatic rings. The third-order valence-corrected chi connectivity index (χ3v) is 2.97. The Balaban J connectivity index is 2.48. The summed E-state index contributed by atoms with van der Waals surface area (Å²) >= 11 is 0. The summed E-state index contributed by atoms with van der Waals surface area (Å²) in [6.07, 6.45) is 0. The summed E-state index contributed by atoms with van der Waals surface area (Å²) in [4.78, 5) is 0. The topological polar surface area (TPSA) is 72.4 Å². The van der Waals surface area contributed by atoms with E-state index in [0.717, 1.165) is 22.3 Å². The highest BCUT2D eigenvalue weighted by Crippen LogP contribution is 2.29. The molecule has 0 aliphatic heterocycles. The van der Waals surface area contributed by atoms with E-state index >= 15 is 0 Å². The van der Waals surface area contributed by atoms with Crippen LogP contribution in [0.2, 0.25) is 0 Å². The molecular formula is C14H14N4. The second-order valence-electron chi connectivity index (χ2n) is 4.23. The van der Waals surface area contributed by atoms with E-state index in [2.05, 4.69) is 10.2 Å². The van der Waals surface area contributed by atoms with Gasteiger partial charge in [0, 0.05) is 0 Å². The summed E-state index contributed by atoms with van der Waals surface area (Å²) in [6.45, 7) is 3.88. The fourth-order valence-electron chi connectivity index (χ4n) is 1.92. The predicted molar refractivity (Wildman–Crippen MR) is 71.0 cm³/mol. The minimum absolute atomic E-state index is 0.688. The van der Waals surface area contributed by atoms with E-state index in [9.17, 15) is 0 Å². The van der Waals surface area contributed by atoms with Gasteiger partial charge in [-0.05, 0) is 60.4 Å². The van der Waals surface area contributed by atoms with Crippen molar-refractivity contribution < 1.29 is 0 Å². The molecule has 2 aromatic carbocycles. The van der Waals surface area contributed by atoms with Crippen LogP contribution in [0.5, 0.6) is 0 Å². The van der Waals surface area contributed by atoms with Gasteiger partial charge < -0.3 is 0 Å². The maximum atomic E-state index is 7.04. The van der Waals surface area contributed by atoms with Crippen LogP contribution in [-0.2, 0) is 0 Å². The molecule has 0 aliphatic carbocycles. The Bertz CT molecular complexity index is 562. The van der Waals surface area contributed by atoms with Crippen LogP contribution >= 0.6 is 0 Å². The Labute approximate surface area is 106 Å². The van der Waals surface area contributed by atoms with Gasteiger partial charge >= 0.3 is 0 Å². The largest absolute Gasteiger partial charge is 0.204 e. The molecule has 0 aliphatic rings. The summed E-state index contributed by atoms with van der Waals surface area (Å²) in [5, 5.41) is 6.92. The lowest BCUT2D eigenvalue weighted by Crippen LogP contribution is -1.82. The Morgan fingerprint density at radius 1 is 0.722 bits per heavy atom. The molecule has 2 rings (SSSR count). The third-order valence-electron chi connectivity index (χ3n) is 2.97. The number of aryl methyl sites for hydroxylation is 2. The van der Waals surface area contributed by atoms with E-state index in [-0.39, 0.29) is 0 Å². The Kier molecular flexibility index (Phi) is 3.28. The van der Waals surface area contributed by atoms with Crippen LogP contribution in [0.25, 0.3) is 11.1 Å². The minimum atomic E-state index is 0.688. The van der Waals surface area contributed by atoms with Gasteiger partial charge in [-0.1, -0.05) is 12.1 Å². The summed E-state index contributed by atoms with van der Waals surface area (Å²) < 4.78 is 0. The molecule has 0 saturated heterocycles. The Morgan fingerprint density at radius 2 is 1.11 bits per heavy atom. The molecule has 0 spiro atoms. The number of nitrogens with one attached hydrogen (secondary N) is 2. The van der Waals surface area contributed by atoms with Crippen molar-refractivity contribution >= 4 is 11.4 Å². The molecule has 2 N–H and O–H groups in total. The lowest BCUT2D eigenvalue weighted by molar-refractivity contribution is 1.13. The maximum Gasteiger partial charge on any atom is 0.0879 e.